The third-order valence-electron chi connectivity index (χ3n) is 4.58. The zero-order chi connectivity index (χ0) is 15.5. The molecule has 0 aromatic carbocycles. The number of aliphatic hydroxyl groups excluding tert-OH is 1. The van der Waals surface area contributed by atoms with E-state index in [9.17, 15) is 9.90 Å². The summed E-state index contributed by atoms with van der Waals surface area (Å²) in [4.78, 5) is 16.4. The first-order valence-corrected chi connectivity index (χ1v) is 8.16. The normalized spacial score (nSPS) is 26.1. The van der Waals surface area contributed by atoms with Crippen LogP contribution in [-0.2, 0) is 9.53 Å². The van der Waals surface area contributed by atoms with Crippen LogP contribution in [-0.4, -0.2) is 72.4 Å². The van der Waals surface area contributed by atoms with Crippen molar-refractivity contribution in [2.75, 3.05) is 39.3 Å². The molecule has 0 radical (unpaired) electrons. The molecule has 2 aliphatic heterocycles. The van der Waals surface area contributed by atoms with Gasteiger partial charge in [0.1, 0.15) is 0 Å². The fourth-order valence-corrected chi connectivity index (χ4v) is 2.83. The van der Waals surface area contributed by atoms with E-state index < -0.39 is 0 Å². The van der Waals surface area contributed by atoms with Crippen LogP contribution in [0.4, 0.5) is 0 Å². The second-order valence-corrected chi connectivity index (χ2v) is 7.40. The van der Waals surface area contributed by atoms with Crippen LogP contribution >= 0.6 is 0 Å². The fraction of sp³-hybridized carbons (Fsp3) is 0.938. The number of rotatable bonds is 4. The van der Waals surface area contributed by atoms with Crippen molar-refractivity contribution in [3.05, 3.63) is 0 Å². The minimum absolute atomic E-state index is 0.0905. The molecule has 1 amide bonds. The van der Waals surface area contributed by atoms with Gasteiger partial charge in [-0.25, -0.2) is 0 Å². The fourth-order valence-electron chi connectivity index (χ4n) is 2.83. The topological polar surface area (TPSA) is 53.0 Å². The second kappa shape index (κ2) is 7.07. The molecule has 0 aliphatic carbocycles. The number of amides is 1. The lowest BCUT2D eigenvalue weighted by Crippen LogP contribution is -2.52. The second-order valence-electron chi connectivity index (χ2n) is 7.40. The number of hydrogen-bond acceptors (Lipinski definition) is 4. The maximum atomic E-state index is 12.2. The molecule has 5 nitrogen and oxygen atoms in total. The highest BCUT2D eigenvalue weighted by Gasteiger charge is 2.28. The van der Waals surface area contributed by atoms with E-state index in [2.05, 4.69) is 25.7 Å². The lowest BCUT2D eigenvalue weighted by molar-refractivity contribution is -0.135. The molecular formula is C16H30N2O3. The van der Waals surface area contributed by atoms with Crippen LogP contribution < -0.4 is 0 Å². The lowest BCUT2D eigenvalue weighted by Gasteiger charge is -2.38. The minimum atomic E-state index is -0.327. The minimum Gasteiger partial charge on any atom is -0.391 e. The van der Waals surface area contributed by atoms with Crippen LogP contribution in [0.3, 0.4) is 0 Å². The number of nitrogens with zero attached hydrogens (tertiary/aromatic N) is 2. The zero-order valence-electron chi connectivity index (χ0n) is 13.7. The molecular weight excluding hydrogens is 268 g/mol. The number of piperazine rings is 1. The van der Waals surface area contributed by atoms with Crippen molar-refractivity contribution in [2.45, 2.75) is 52.2 Å². The quantitative estimate of drug-likeness (QED) is 0.845. The van der Waals surface area contributed by atoms with Gasteiger partial charge >= 0.3 is 0 Å². The van der Waals surface area contributed by atoms with E-state index >= 15 is 0 Å². The van der Waals surface area contributed by atoms with Gasteiger partial charge in [0.15, 0.2) is 0 Å². The summed E-state index contributed by atoms with van der Waals surface area (Å²) in [6.45, 7) is 10.9. The van der Waals surface area contributed by atoms with E-state index in [1.165, 1.54) is 0 Å². The average molecular weight is 298 g/mol. The highest BCUT2D eigenvalue weighted by Crippen LogP contribution is 2.21. The van der Waals surface area contributed by atoms with E-state index in [0.717, 1.165) is 45.6 Å². The van der Waals surface area contributed by atoms with Gasteiger partial charge in [-0.3, -0.25) is 9.69 Å². The molecule has 2 atom stereocenters. The third-order valence-corrected chi connectivity index (χ3v) is 4.58. The molecule has 0 unspecified atom stereocenters. The van der Waals surface area contributed by atoms with E-state index in [1.807, 2.05) is 4.90 Å². The molecule has 0 aromatic heterocycles. The van der Waals surface area contributed by atoms with Gasteiger partial charge < -0.3 is 14.7 Å². The standard InChI is InChI=1S/C16H30N2O3/c1-16(2,3)14(19)12-17-6-8-18(9-7-17)15(20)11-13-5-4-10-21-13/h13-14,19H,4-12H2,1-3H3/t13-,14-/m0/s1. The van der Waals surface area contributed by atoms with Gasteiger partial charge in [0.2, 0.25) is 5.91 Å². The molecule has 0 bridgehead atoms. The Morgan fingerprint density at radius 2 is 1.95 bits per heavy atom. The number of aliphatic hydroxyl groups is 1. The smallest absolute Gasteiger partial charge is 0.225 e. The maximum Gasteiger partial charge on any atom is 0.225 e. The van der Waals surface area contributed by atoms with E-state index in [-0.39, 0.29) is 23.5 Å². The van der Waals surface area contributed by atoms with E-state index in [1.54, 1.807) is 0 Å². The number of ether oxygens (including phenoxy) is 1. The maximum absolute atomic E-state index is 12.2. The zero-order valence-corrected chi connectivity index (χ0v) is 13.7. The van der Waals surface area contributed by atoms with Gasteiger partial charge in [-0.05, 0) is 18.3 Å². The Hall–Kier alpha value is -0.650. The van der Waals surface area contributed by atoms with Crippen molar-refractivity contribution in [1.82, 2.24) is 9.80 Å². The Labute approximate surface area is 128 Å². The van der Waals surface area contributed by atoms with Crippen molar-refractivity contribution >= 4 is 5.91 Å². The van der Waals surface area contributed by atoms with Gasteiger partial charge in [-0.1, -0.05) is 20.8 Å². The van der Waals surface area contributed by atoms with Crippen LogP contribution in [0, 0.1) is 5.41 Å². The van der Waals surface area contributed by atoms with Crippen molar-refractivity contribution in [2.24, 2.45) is 5.41 Å². The van der Waals surface area contributed by atoms with Crippen molar-refractivity contribution in [3.8, 4) is 0 Å². The van der Waals surface area contributed by atoms with Gasteiger partial charge in [-0.2, -0.15) is 0 Å². The first-order valence-electron chi connectivity index (χ1n) is 8.16. The van der Waals surface area contributed by atoms with Crippen LogP contribution in [0.5, 0.6) is 0 Å². The SMILES string of the molecule is CC(C)(C)[C@@H](O)CN1CCN(C(=O)C[C@@H]2CCCO2)CC1. The van der Waals surface area contributed by atoms with Crippen LogP contribution in [0.1, 0.15) is 40.0 Å². The average Bonchev–Trinajstić information content (AvgIpc) is 2.91. The number of carbonyl (C=O) groups is 1. The molecule has 2 aliphatic rings. The summed E-state index contributed by atoms with van der Waals surface area (Å²) in [5.74, 6) is 0.220. The summed E-state index contributed by atoms with van der Waals surface area (Å²) in [7, 11) is 0. The Kier molecular flexibility index (Phi) is 5.63. The van der Waals surface area contributed by atoms with Gasteiger partial charge in [0, 0.05) is 39.3 Å². The number of β-amino-alcohol motifs (C(OH)–C–C–N with tert-alkyl or cyclic N) is 1. The molecule has 1 N–H and O–H groups in total. The largest absolute Gasteiger partial charge is 0.391 e. The molecule has 2 rings (SSSR count). The lowest BCUT2D eigenvalue weighted by atomic mass is 9.89. The van der Waals surface area contributed by atoms with E-state index in [0.29, 0.717) is 13.0 Å². The Balaban J connectivity index is 1.71. The molecule has 21 heavy (non-hydrogen) atoms. The van der Waals surface area contributed by atoms with E-state index in [4.69, 9.17) is 4.74 Å². The van der Waals surface area contributed by atoms with Crippen molar-refractivity contribution < 1.29 is 14.6 Å². The number of hydrogen-bond donors (Lipinski definition) is 1. The molecule has 0 saturated carbocycles. The van der Waals surface area contributed by atoms with Crippen molar-refractivity contribution in [1.29, 1.82) is 0 Å². The highest BCUT2D eigenvalue weighted by atomic mass is 16.5. The summed E-state index contributed by atoms with van der Waals surface area (Å²) in [6, 6.07) is 0. The molecule has 5 heteroatoms. The summed E-state index contributed by atoms with van der Waals surface area (Å²) < 4.78 is 5.53. The van der Waals surface area contributed by atoms with Gasteiger partial charge in [0.25, 0.3) is 0 Å². The van der Waals surface area contributed by atoms with Gasteiger partial charge in [-0.15, -0.1) is 0 Å². The van der Waals surface area contributed by atoms with Gasteiger partial charge in [0.05, 0.1) is 18.6 Å². The molecule has 0 spiro atoms. The predicted octanol–water partition coefficient (Wildman–Crippen LogP) is 1.11. The van der Waals surface area contributed by atoms with Crippen LogP contribution in [0.25, 0.3) is 0 Å². The first-order chi connectivity index (χ1) is 9.86. The third kappa shape index (κ3) is 4.94. The Bertz CT molecular complexity index is 340. The first kappa shape index (κ1) is 16.7. The summed E-state index contributed by atoms with van der Waals surface area (Å²) in [5, 5.41) is 10.2. The summed E-state index contributed by atoms with van der Waals surface area (Å²) >= 11 is 0. The predicted molar refractivity (Wildman–Crippen MR) is 82.1 cm³/mol. The monoisotopic (exact) mass is 298 g/mol. The molecule has 0 aromatic rings. The highest BCUT2D eigenvalue weighted by molar-refractivity contribution is 5.76. The molecule has 2 saturated heterocycles. The van der Waals surface area contributed by atoms with Crippen LogP contribution in [0.2, 0.25) is 0 Å². The molecule has 2 heterocycles. The van der Waals surface area contributed by atoms with Crippen LogP contribution in [0.15, 0.2) is 0 Å². The Morgan fingerprint density at radius 1 is 1.29 bits per heavy atom. The summed E-state index contributed by atoms with van der Waals surface area (Å²) in [6.07, 6.45) is 2.44. The van der Waals surface area contributed by atoms with Crippen molar-refractivity contribution in [3.63, 3.8) is 0 Å². The molecule has 2 fully saturated rings. The molecule has 122 valence electrons. The summed E-state index contributed by atoms with van der Waals surface area (Å²) in [5.41, 5.74) is -0.0905. The number of carbonyl (C=O) groups excluding carboxylic acids is 1. The Morgan fingerprint density at radius 3 is 2.48 bits per heavy atom.